The van der Waals surface area contributed by atoms with Gasteiger partial charge in [-0.2, -0.15) is 0 Å². The molecule has 0 spiro atoms. The van der Waals surface area contributed by atoms with Gasteiger partial charge in [-0.05, 0) is 85.1 Å². The predicted molar refractivity (Wildman–Crippen MR) is 150 cm³/mol. The normalized spacial score (nSPS) is 15.3. The van der Waals surface area contributed by atoms with Crippen LogP contribution < -0.4 is 9.46 Å². The summed E-state index contributed by atoms with van der Waals surface area (Å²) >= 11 is 12.3. The summed E-state index contributed by atoms with van der Waals surface area (Å²) in [6, 6.07) is 23.0. The molecule has 0 radical (unpaired) electrons. The van der Waals surface area contributed by atoms with Crippen molar-refractivity contribution in [1.29, 1.82) is 0 Å². The fraction of sp³-hybridized carbons (Fsp3) is 0.138. The Morgan fingerprint density at radius 1 is 0.949 bits per heavy atom. The SMILES string of the molecule is O=C(c1cc(Cl)ccc1NS(=O)(=O)c1ccc(Oc2ccccc2Cl)cc1)N1CCC[C@H]1c1cccc(F)c1. The zero-order chi connectivity index (χ0) is 27.6. The molecule has 5 rings (SSSR count). The van der Waals surface area contributed by atoms with Crippen molar-refractivity contribution in [3.05, 3.63) is 118 Å². The maximum absolute atomic E-state index is 13.9. The maximum Gasteiger partial charge on any atom is 0.261 e. The van der Waals surface area contributed by atoms with Crippen LogP contribution in [0.3, 0.4) is 0 Å². The van der Waals surface area contributed by atoms with Crippen molar-refractivity contribution in [2.45, 2.75) is 23.8 Å². The molecule has 4 aromatic rings. The lowest BCUT2D eigenvalue weighted by molar-refractivity contribution is 0.0736. The lowest BCUT2D eigenvalue weighted by Gasteiger charge is -2.26. The molecule has 1 atom stereocenters. The van der Waals surface area contributed by atoms with Gasteiger partial charge in [0, 0.05) is 11.6 Å². The Labute approximate surface area is 236 Å². The molecule has 0 aromatic heterocycles. The second-order valence-corrected chi connectivity index (χ2v) is 11.5. The average molecular weight is 585 g/mol. The smallest absolute Gasteiger partial charge is 0.261 e. The van der Waals surface area contributed by atoms with E-state index in [0.29, 0.717) is 35.1 Å². The van der Waals surface area contributed by atoms with Gasteiger partial charge in [-0.15, -0.1) is 0 Å². The van der Waals surface area contributed by atoms with E-state index < -0.39 is 15.9 Å². The number of nitrogens with zero attached hydrogens (tertiary/aromatic N) is 1. The van der Waals surface area contributed by atoms with Crippen molar-refractivity contribution in [3.8, 4) is 11.5 Å². The number of likely N-dealkylation sites (tertiary alicyclic amines) is 1. The summed E-state index contributed by atoms with van der Waals surface area (Å²) in [7, 11) is -4.07. The highest BCUT2D eigenvalue weighted by molar-refractivity contribution is 7.92. The first-order chi connectivity index (χ1) is 18.7. The minimum atomic E-state index is -4.07. The number of sulfonamides is 1. The van der Waals surface area contributed by atoms with Crippen LogP contribution in [0.1, 0.15) is 34.8 Å². The molecular weight excluding hydrogens is 562 g/mol. The van der Waals surface area contributed by atoms with Gasteiger partial charge in [0.2, 0.25) is 0 Å². The second kappa shape index (κ2) is 11.3. The molecule has 200 valence electrons. The molecule has 0 bridgehead atoms. The number of anilines is 1. The minimum absolute atomic E-state index is 0.0267. The van der Waals surface area contributed by atoms with E-state index in [4.69, 9.17) is 27.9 Å². The number of nitrogens with one attached hydrogen (secondary N) is 1. The summed E-state index contributed by atoms with van der Waals surface area (Å²) in [6.07, 6.45) is 1.40. The van der Waals surface area contributed by atoms with Crippen LogP contribution in [0.4, 0.5) is 10.1 Å². The highest BCUT2D eigenvalue weighted by atomic mass is 35.5. The van der Waals surface area contributed by atoms with Gasteiger partial charge >= 0.3 is 0 Å². The number of benzene rings is 4. The first-order valence-electron chi connectivity index (χ1n) is 12.1. The fourth-order valence-corrected chi connectivity index (χ4v) is 5.98. The number of hydrogen-bond acceptors (Lipinski definition) is 4. The maximum atomic E-state index is 13.9. The number of halogens is 3. The largest absolute Gasteiger partial charge is 0.456 e. The zero-order valence-corrected chi connectivity index (χ0v) is 22.8. The van der Waals surface area contributed by atoms with Crippen molar-refractivity contribution in [2.75, 3.05) is 11.3 Å². The van der Waals surface area contributed by atoms with Crippen LogP contribution in [0.2, 0.25) is 10.0 Å². The number of hydrogen-bond donors (Lipinski definition) is 1. The summed E-state index contributed by atoms with van der Waals surface area (Å²) < 4.78 is 48.6. The molecule has 1 aliphatic heterocycles. The first-order valence-corrected chi connectivity index (χ1v) is 14.4. The van der Waals surface area contributed by atoms with E-state index in [1.54, 1.807) is 41.3 Å². The quantitative estimate of drug-likeness (QED) is 0.241. The van der Waals surface area contributed by atoms with Crippen LogP contribution in [0.15, 0.2) is 95.9 Å². The summed E-state index contributed by atoms with van der Waals surface area (Å²) in [6.45, 7) is 0.450. The Hall–Kier alpha value is -3.59. The van der Waals surface area contributed by atoms with Crippen LogP contribution in [0.5, 0.6) is 11.5 Å². The third-order valence-electron chi connectivity index (χ3n) is 6.40. The third-order valence-corrected chi connectivity index (χ3v) is 8.33. The molecule has 1 N–H and O–H groups in total. The molecule has 1 heterocycles. The van der Waals surface area contributed by atoms with Gasteiger partial charge < -0.3 is 9.64 Å². The molecule has 4 aromatic carbocycles. The van der Waals surface area contributed by atoms with E-state index in [1.807, 2.05) is 0 Å². The fourth-order valence-electron chi connectivity index (χ4n) is 4.55. The molecule has 1 fully saturated rings. The van der Waals surface area contributed by atoms with Crippen molar-refractivity contribution in [2.24, 2.45) is 0 Å². The number of amides is 1. The van der Waals surface area contributed by atoms with Gasteiger partial charge in [-0.1, -0.05) is 47.5 Å². The molecule has 1 aliphatic rings. The first kappa shape index (κ1) is 27.0. The Kier molecular flexibility index (Phi) is 7.79. The number of para-hydroxylation sites is 1. The molecule has 0 saturated carbocycles. The van der Waals surface area contributed by atoms with Crippen LogP contribution in [0, 0.1) is 5.82 Å². The van der Waals surface area contributed by atoms with E-state index >= 15 is 0 Å². The summed E-state index contributed by atoms with van der Waals surface area (Å²) in [4.78, 5) is 15.3. The summed E-state index contributed by atoms with van der Waals surface area (Å²) in [5.41, 5.74) is 0.878. The molecule has 10 heteroatoms. The third kappa shape index (κ3) is 6.03. The Morgan fingerprint density at radius 3 is 2.46 bits per heavy atom. The number of carbonyl (C=O) groups excluding carboxylic acids is 1. The van der Waals surface area contributed by atoms with Crippen LogP contribution in [-0.2, 0) is 10.0 Å². The topological polar surface area (TPSA) is 75.7 Å². The summed E-state index contributed by atoms with van der Waals surface area (Å²) in [5, 5.41) is 0.706. The standard InChI is InChI=1S/C29H23Cl2FN2O4S/c30-20-10-15-26(24(18-20)29(35)34-16-4-8-27(34)19-5-3-6-21(32)17-19)33-39(36,37)23-13-11-22(12-14-23)38-28-9-2-1-7-25(28)31/h1-3,5-7,9-15,17-18,27,33H,4,8,16H2/t27-/m0/s1. The molecule has 0 aliphatic carbocycles. The molecule has 0 unspecified atom stereocenters. The van der Waals surface area contributed by atoms with Crippen LogP contribution >= 0.6 is 23.2 Å². The highest BCUT2D eigenvalue weighted by Gasteiger charge is 2.32. The zero-order valence-electron chi connectivity index (χ0n) is 20.5. The van der Waals surface area contributed by atoms with Gasteiger partial charge in [0.25, 0.3) is 15.9 Å². The second-order valence-electron chi connectivity index (χ2n) is 9.01. The van der Waals surface area contributed by atoms with Crippen molar-refractivity contribution in [1.82, 2.24) is 4.90 Å². The van der Waals surface area contributed by atoms with Crippen LogP contribution in [0.25, 0.3) is 0 Å². The molecule has 39 heavy (non-hydrogen) atoms. The van der Waals surface area contributed by atoms with E-state index in [2.05, 4.69) is 4.72 Å². The molecule has 1 saturated heterocycles. The lowest BCUT2D eigenvalue weighted by Crippen LogP contribution is -2.31. The van der Waals surface area contributed by atoms with Gasteiger partial charge in [-0.3, -0.25) is 9.52 Å². The number of ether oxygens (including phenoxy) is 1. The monoisotopic (exact) mass is 584 g/mol. The molecular formula is C29H23Cl2FN2O4S. The predicted octanol–water partition coefficient (Wildman–Crippen LogP) is 7.70. The van der Waals surface area contributed by atoms with Gasteiger partial charge in [0.05, 0.1) is 27.2 Å². The van der Waals surface area contributed by atoms with Gasteiger partial charge in [0.1, 0.15) is 17.3 Å². The number of rotatable bonds is 7. The van der Waals surface area contributed by atoms with E-state index in [9.17, 15) is 17.6 Å². The minimum Gasteiger partial charge on any atom is -0.456 e. The average Bonchev–Trinajstić information content (AvgIpc) is 3.41. The Bertz CT molecular complexity index is 1630. The van der Waals surface area contributed by atoms with E-state index in [1.165, 1.54) is 54.6 Å². The Morgan fingerprint density at radius 2 is 1.72 bits per heavy atom. The molecule has 1 amide bonds. The van der Waals surface area contributed by atoms with Crippen molar-refractivity contribution >= 4 is 44.8 Å². The van der Waals surface area contributed by atoms with E-state index in [-0.39, 0.29) is 33.0 Å². The van der Waals surface area contributed by atoms with Gasteiger partial charge in [-0.25, -0.2) is 12.8 Å². The van der Waals surface area contributed by atoms with Crippen LogP contribution in [-0.4, -0.2) is 25.8 Å². The van der Waals surface area contributed by atoms with Crippen molar-refractivity contribution < 1.29 is 22.3 Å². The highest BCUT2D eigenvalue weighted by Crippen LogP contribution is 2.36. The Balaban J connectivity index is 1.39. The number of carbonyl (C=O) groups is 1. The van der Waals surface area contributed by atoms with E-state index in [0.717, 1.165) is 6.42 Å². The van der Waals surface area contributed by atoms with Gasteiger partial charge in [0.15, 0.2) is 0 Å². The van der Waals surface area contributed by atoms with Crippen molar-refractivity contribution in [3.63, 3.8) is 0 Å². The summed E-state index contributed by atoms with van der Waals surface area (Å²) in [5.74, 6) is 0.0641. The molecule has 6 nitrogen and oxygen atoms in total. The lowest BCUT2D eigenvalue weighted by atomic mass is 10.0.